The molecule has 128 valence electrons. The molecule has 1 fully saturated rings. The zero-order chi connectivity index (χ0) is 16.5. The van der Waals surface area contributed by atoms with E-state index in [-0.39, 0.29) is 12.1 Å². The van der Waals surface area contributed by atoms with Crippen molar-refractivity contribution in [3.8, 4) is 0 Å². The number of rotatable bonds is 9. The van der Waals surface area contributed by atoms with Crippen LogP contribution in [-0.4, -0.2) is 35.7 Å². The summed E-state index contributed by atoms with van der Waals surface area (Å²) >= 11 is 1.99. The predicted octanol–water partition coefficient (Wildman–Crippen LogP) is 3.57. The normalized spacial score (nSPS) is 21.3. The number of thioether (sulfide) groups is 1. The standard InChI is InChI=1S/C18H28N2O2S/c1-3-23-10-9-14(2)19-16-11-17(12-16)20-18(21)22-13-15-7-5-4-6-8-15/h4-8,14,16-17,19H,3,9-13H2,1-2H3,(H,20,21). The van der Waals surface area contributed by atoms with E-state index in [4.69, 9.17) is 4.74 Å². The highest BCUT2D eigenvalue weighted by atomic mass is 32.2. The van der Waals surface area contributed by atoms with E-state index < -0.39 is 0 Å². The van der Waals surface area contributed by atoms with Crippen LogP contribution in [-0.2, 0) is 11.3 Å². The van der Waals surface area contributed by atoms with E-state index in [1.807, 2.05) is 42.1 Å². The first kappa shape index (κ1) is 18.1. The van der Waals surface area contributed by atoms with Crippen molar-refractivity contribution in [2.24, 2.45) is 0 Å². The Balaban J connectivity index is 1.54. The van der Waals surface area contributed by atoms with Crippen molar-refractivity contribution in [3.05, 3.63) is 35.9 Å². The number of amides is 1. The van der Waals surface area contributed by atoms with Crippen molar-refractivity contribution in [2.45, 2.75) is 57.8 Å². The van der Waals surface area contributed by atoms with Gasteiger partial charge in [0.15, 0.2) is 0 Å². The van der Waals surface area contributed by atoms with Crippen LogP contribution in [0.5, 0.6) is 0 Å². The molecule has 0 bridgehead atoms. The van der Waals surface area contributed by atoms with E-state index in [2.05, 4.69) is 24.5 Å². The lowest BCUT2D eigenvalue weighted by Gasteiger charge is -2.37. The molecular formula is C18H28N2O2S. The average molecular weight is 337 g/mol. The van der Waals surface area contributed by atoms with Crippen molar-refractivity contribution in [3.63, 3.8) is 0 Å². The molecule has 0 spiro atoms. The maximum Gasteiger partial charge on any atom is 0.407 e. The molecule has 1 amide bonds. The van der Waals surface area contributed by atoms with Crippen molar-refractivity contribution >= 4 is 17.9 Å². The molecule has 1 aromatic carbocycles. The Labute approximate surface area is 143 Å². The van der Waals surface area contributed by atoms with E-state index in [0.29, 0.717) is 18.7 Å². The van der Waals surface area contributed by atoms with Crippen LogP contribution in [0.25, 0.3) is 0 Å². The summed E-state index contributed by atoms with van der Waals surface area (Å²) in [5, 5.41) is 6.57. The van der Waals surface area contributed by atoms with Crippen LogP contribution < -0.4 is 10.6 Å². The fourth-order valence-electron chi connectivity index (χ4n) is 2.69. The van der Waals surface area contributed by atoms with Gasteiger partial charge in [-0.3, -0.25) is 0 Å². The molecule has 5 heteroatoms. The minimum Gasteiger partial charge on any atom is -0.445 e. The quantitative estimate of drug-likeness (QED) is 0.677. The molecule has 1 aliphatic rings. The highest BCUT2D eigenvalue weighted by Gasteiger charge is 2.31. The second kappa shape index (κ2) is 9.83. The summed E-state index contributed by atoms with van der Waals surface area (Å²) in [5.41, 5.74) is 1.01. The number of carbonyl (C=O) groups excluding carboxylic acids is 1. The summed E-state index contributed by atoms with van der Waals surface area (Å²) < 4.78 is 5.24. The van der Waals surface area contributed by atoms with Gasteiger partial charge in [-0.1, -0.05) is 37.3 Å². The minimum atomic E-state index is -0.315. The molecule has 0 aromatic heterocycles. The maximum atomic E-state index is 11.8. The van der Waals surface area contributed by atoms with Crippen LogP contribution in [0.2, 0.25) is 0 Å². The summed E-state index contributed by atoms with van der Waals surface area (Å²) in [4.78, 5) is 11.8. The van der Waals surface area contributed by atoms with Crippen molar-refractivity contribution in [2.75, 3.05) is 11.5 Å². The number of ether oxygens (including phenoxy) is 1. The Hall–Kier alpha value is -1.20. The molecule has 0 radical (unpaired) electrons. The maximum absolute atomic E-state index is 11.8. The Morgan fingerprint density at radius 1 is 1.30 bits per heavy atom. The van der Waals surface area contributed by atoms with Gasteiger partial charge < -0.3 is 15.4 Å². The Morgan fingerprint density at radius 2 is 2.04 bits per heavy atom. The second-order valence-corrected chi connectivity index (χ2v) is 7.52. The van der Waals surface area contributed by atoms with Crippen LogP contribution in [0.3, 0.4) is 0 Å². The fourth-order valence-corrected chi connectivity index (χ4v) is 3.50. The van der Waals surface area contributed by atoms with E-state index in [9.17, 15) is 4.79 Å². The SMILES string of the molecule is CCSCCC(C)NC1CC(NC(=O)OCc2ccccc2)C1. The monoisotopic (exact) mass is 336 g/mol. The van der Waals surface area contributed by atoms with Gasteiger partial charge in [-0.2, -0.15) is 11.8 Å². The smallest absolute Gasteiger partial charge is 0.407 e. The lowest BCUT2D eigenvalue weighted by molar-refractivity contribution is 0.124. The van der Waals surface area contributed by atoms with Gasteiger partial charge in [0.1, 0.15) is 6.61 Å². The first-order valence-corrected chi connectivity index (χ1v) is 9.63. The summed E-state index contributed by atoms with van der Waals surface area (Å²) in [6, 6.07) is 11.1. The highest BCUT2D eigenvalue weighted by Crippen LogP contribution is 2.21. The molecule has 1 aromatic rings. The molecule has 23 heavy (non-hydrogen) atoms. The molecule has 2 N–H and O–H groups in total. The first-order chi connectivity index (χ1) is 11.2. The van der Waals surface area contributed by atoms with Gasteiger partial charge in [0.25, 0.3) is 0 Å². The number of hydrogen-bond donors (Lipinski definition) is 2. The molecule has 0 saturated heterocycles. The van der Waals surface area contributed by atoms with E-state index >= 15 is 0 Å². The van der Waals surface area contributed by atoms with Crippen LogP contribution in [0.1, 0.15) is 38.7 Å². The van der Waals surface area contributed by atoms with E-state index in [1.54, 1.807) is 0 Å². The number of hydrogen-bond acceptors (Lipinski definition) is 4. The second-order valence-electron chi connectivity index (χ2n) is 6.12. The van der Waals surface area contributed by atoms with Crippen LogP contribution in [0, 0.1) is 0 Å². The number of carbonyl (C=O) groups is 1. The minimum absolute atomic E-state index is 0.244. The van der Waals surface area contributed by atoms with Gasteiger partial charge in [0.2, 0.25) is 0 Å². The third-order valence-corrected chi connectivity index (χ3v) is 5.02. The zero-order valence-electron chi connectivity index (χ0n) is 14.1. The summed E-state index contributed by atoms with van der Waals surface area (Å²) in [6.45, 7) is 4.76. The van der Waals surface area contributed by atoms with Crippen LogP contribution in [0.4, 0.5) is 4.79 Å². The Morgan fingerprint density at radius 3 is 2.74 bits per heavy atom. The van der Waals surface area contributed by atoms with Crippen molar-refractivity contribution in [1.82, 2.24) is 10.6 Å². The molecular weight excluding hydrogens is 308 g/mol. The fraction of sp³-hybridized carbons (Fsp3) is 0.611. The molecule has 1 unspecified atom stereocenters. The third kappa shape index (κ3) is 6.83. The molecule has 4 nitrogen and oxygen atoms in total. The highest BCUT2D eigenvalue weighted by molar-refractivity contribution is 7.99. The molecule has 2 rings (SSSR count). The largest absolute Gasteiger partial charge is 0.445 e. The number of nitrogens with one attached hydrogen (secondary N) is 2. The Kier molecular flexibility index (Phi) is 7.76. The Bertz CT molecular complexity index is 463. The predicted molar refractivity (Wildman–Crippen MR) is 96.8 cm³/mol. The van der Waals surface area contributed by atoms with Gasteiger partial charge in [0.05, 0.1) is 0 Å². The molecule has 0 aliphatic heterocycles. The van der Waals surface area contributed by atoms with Crippen molar-refractivity contribution < 1.29 is 9.53 Å². The molecule has 0 heterocycles. The number of alkyl carbamates (subject to hydrolysis) is 1. The van der Waals surface area contributed by atoms with Crippen molar-refractivity contribution in [1.29, 1.82) is 0 Å². The van der Waals surface area contributed by atoms with E-state index in [1.165, 1.54) is 17.9 Å². The van der Waals surface area contributed by atoms with Gasteiger partial charge in [-0.05, 0) is 43.3 Å². The zero-order valence-corrected chi connectivity index (χ0v) is 14.9. The van der Waals surface area contributed by atoms with Gasteiger partial charge in [-0.25, -0.2) is 4.79 Å². The lowest BCUT2D eigenvalue weighted by atomic mass is 9.86. The topological polar surface area (TPSA) is 50.4 Å². The number of benzene rings is 1. The van der Waals surface area contributed by atoms with Gasteiger partial charge in [-0.15, -0.1) is 0 Å². The lowest BCUT2D eigenvalue weighted by Crippen LogP contribution is -2.54. The average Bonchev–Trinajstić information content (AvgIpc) is 2.52. The van der Waals surface area contributed by atoms with Crippen LogP contribution >= 0.6 is 11.8 Å². The van der Waals surface area contributed by atoms with Gasteiger partial charge >= 0.3 is 6.09 Å². The molecule has 1 aliphatic carbocycles. The van der Waals surface area contributed by atoms with E-state index in [0.717, 1.165) is 18.4 Å². The first-order valence-electron chi connectivity index (χ1n) is 8.48. The molecule has 1 atom stereocenters. The van der Waals surface area contributed by atoms with Gasteiger partial charge in [0, 0.05) is 18.1 Å². The van der Waals surface area contributed by atoms with Crippen LogP contribution in [0.15, 0.2) is 30.3 Å². The summed E-state index contributed by atoms with van der Waals surface area (Å²) in [6.07, 6.45) is 2.87. The third-order valence-electron chi connectivity index (χ3n) is 4.09. The summed E-state index contributed by atoms with van der Waals surface area (Å²) in [7, 11) is 0. The summed E-state index contributed by atoms with van der Waals surface area (Å²) in [5.74, 6) is 2.40. The molecule has 1 saturated carbocycles.